The molecular formula is C23H26ClN2O4S+. The van der Waals surface area contributed by atoms with E-state index in [9.17, 15) is 13.2 Å². The molecule has 0 atom stereocenters. The molecule has 0 bridgehead atoms. The molecule has 1 saturated heterocycles. The van der Waals surface area contributed by atoms with Gasteiger partial charge in [0.2, 0.25) is 10.0 Å². The summed E-state index contributed by atoms with van der Waals surface area (Å²) < 4.78 is 33.2. The van der Waals surface area contributed by atoms with Crippen LogP contribution in [0.5, 0.6) is 0 Å². The number of benzene rings is 2. The van der Waals surface area contributed by atoms with Crippen LogP contribution in [0.15, 0.2) is 50.5 Å². The van der Waals surface area contributed by atoms with Gasteiger partial charge in [0, 0.05) is 22.0 Å². The number of nitrogens with one attached hydrogen (secondary N) is 1. The highest BCUT2D eigenvalue weighted by atomic mass is 35.5. The molecule has 0 radical (unpaired) electrons. The van der Waals surface area contributed by atoms with Crippen molar-refractivity contribution in [2.75, 3.05) is 26.2 Å². The maximum atomic E-state index is 13.2. The second-order valence-corrected chi connectivity index (χ2v) is 10.6. The Bertz CT molecular complexity index is 1310. The van der Waals surface area contributed by atoms with Crippen LogP contribution in [0.3, 0.4) is 0 Å². The second kappa shape index (κ2) is 8.39. The molecule has 0 aliphatic carbocycles. The molecule has 0 saturated carbocycles. The predicted octanol–water partition coefficient (Wildman–Crippen LogP) is 2.46. The summed E-state index contributed by atoms with van der Waals surface area (Å²) in [6.07, 6.45) is 0. The number of rotatable bonds is 4. The van der Waals surface area contributed by atoms with E-state index in [0.717, 1.165) is 27.6 Å². The highest BCUT2D eigenvalue weighted by molar-refractivity contribution is 7.89. The van der Waals surface area contributed by atoms with E-state index in [1.165, 1.54) is 11.0 Å². The summed E-state index contributed by atoms with van der Waals surface area (Å²) in [7, 11) is -3.53. The molecule has 3 aromatic rings. The number of fused-ring (bicyclic) bond motifs is 1. The first kappa shape index (κ1) is 22.0. The van der Waals surface area contributed by atoms with Gasteiger partial charge in [0.05, 0.1) is 31.1 Å². The number of aryl methyl sites for hydroxylation is 3. The monoisotopic (exact) mass is 461 g/mol. The largest absolute Gasteiger partial charge is 0.423 e. The topological polar surface area (TPSA) is 72.0 Å². The summed E-state index contributed by atoms with van der Waals surface area (Å²) in [6, 6.07) is 10.6. The van der Waals surface area contributed by atoms with Crippen molar-refractivity contribution in [2.24, 2.45) is 0 Å². The molecule has 0 amide bonds. The molecular weight excluding hydrogens is 436 g/mol. The van der Waals surface area contributed by atoms with E-state index in [1.807, 2.05) is 39.0 Å². The quantitative estimate of drug-likeness (QED) is 0.606. The maximum absolute atomic E-state index is 13.2. The number of hydrogen-bond acceptors (Lipinski definition) is 4. The van der Waals surface area contributed by atoms with Gasteiger partial charge in [-0.25, -0.2) is 13.2 Å². The summed E-state index contributed by atoms with van der Waals surface area (Å²) in [6.45, 7) is 8.39. The zero-order valence-corrected chi connectivity index (χ0v) is 19.4. The Hall–Kier alpha value is -2.19. The van der Waals surface area contributed by atoms with Gasteiger partial charge in [-0.05, 0) is 55.7 Å². The summed E-state index contributed by atoms with van der Waals surface area (Å²) >= 11 is 6.29. The number of sulfonamides is 1. The summed E-state index contributed by atoms with van der Waals surface area (Å²) in [5.41, 5.74) is 3.55. The molecule has 31 heavy (non-hydrogen) atoms. The van der Waals surface area contributed by atoms with Crippen molar-refractivity contribution in [3.05, 3.63) is 74.1 Å². The number of nitrogens with zero attached hydrogens (tertiary/aromatic N) is 1. The van der Waals surface area contributed by atoms with E-state index in [-0.39, 0.29) is 5.63 Å². The molecule has 0 unspecified atom stereocenters. The van der Waals surface area contributed by atoms with Gasteiger partial charge in [-0.1, -0.05) is 23.7 Å². The molecule has 1 aliphatic heterocycles. The van der Waals surface area contributed by atoms with E-state index in [2.05, 4.69) is 0 Å². The second-order valence-electron chi connectivity index (χ2n) is 8.29. The molecule has 1 aliphatic rings. The Labute approximate surface area is 187 Å². The third-order valence-electron chi connectivity index (χ3n) is 5.94. The highest BCUT2D eigenvalue weighted by Gasteiger charge is 2.31. The highest BCUT2D eigenvalue weighted by Crippen LogP contribution is 2.25. The summed E-state index contributed by atoms with van der Waals surface area (Å²) in [4.78, 5) is 13.6. The molecule has 164 valence electrons. The average Bonchev–Trinajstić information content (AvgIpc) is 2.71. The van der Waals surface area contributed by atoms with Crippen LogP contribution in [0.4, 0.5) is 0 Å². The Balaban J connectivity index is 1.53. The van der Waals surface area contributed by atoms with Gasteiger partial charge in [0.1, 0.15) is 12.1 Å². The Morgan fingerprint density at radius 2 is 1.74 bits per heavy atom. The minimum atomic E-state index is -3.53. The molecule has 0 spiro atoms. The lowest BCUT2D eigenvalue weighted by molar-refractivity contribution is -0.917. The standard InChI is InChI=1S/C23H25ClN2O4S/c1-15-4-5-16(2)22(10-15)31(28,29)26-8-6-25(7-9-26)14-18-12-23(27)30-21-11-17(3)20(24)13-19(18)21/h4-5,10-13H,6-9,14H2,1-3H3/p+1. The van der Waals surface area contributed by atoms with Crippen molar-refractivity contribution in [1.82, 2.24) is 4.31 Å². The van der Waals surface area contributed by atoms with Gasteiger partial charge in [0.15, 0.2) is 0 Å². The lowest BCUT2D eigenvalue weighted by atomic mass is 10.1. The van der Waals surface area contributed by atoms with Crippen LogP contribution in [0, 0.1) is 20.8 Å². The van der Waals surface area contributed by atoms with Gasteiger partial charge in [-0.2, -0.15) is 4.31 Å². The Kier molecular flexibility index (Phi) is 5.96. The fourth-order valence-electron chi connectivity index (χ4n) is 4.11. The van der Waals surface area contributed by atoms with E-state index in [1.54, 1.807) is 16.4 Å². The average molecular weight is 462 g/mol. The normalized spacial score (nSPS) is 16.1. The van der Waals surface area contributed by atoms with Crippen molar-refractivity contribution < 1.29 is 17.7 Å². The maximum Gasteiger partial charge on any atom is 0.336 e. The van der Waals surface area contributed by atoms with E-state index in [4.69, 9.17) is 16.0 Å². The zero-order chi connectivity index (χ0) is 22.3. The fraction of sp³-hybridized carbons (Fsp3) is 0.348. The predicted molar refractivity (Wildman–Crippen MR) is 121 cm³/mol. The Morgan fingerprint density at radius 1 is 1.03 bits per heavy atom. The molecule has 1 N–H and O–H groups in total. The van der Waals surface area contributed by atoms with Crippen LogP contribution in [-0.2, 0) is 16.6 Å². The number of quaternary nitrogens is 1. The van der Waals surface area contributed by atoms with Crippen LogP contribution in [-0.4, -0.2) is 38.9 Å². The fourth-order valence-corrected chi connectivity index (χ4v) is 6.02. The third kappa shape index (κ3) is 4.41. The first-order chi connectivity index (χ1) is 14.6. The van der Waals surface area contributed by atoms with Crippen LogP contribution in [0.1, 0.15) is 22.3 Å². The minimum absolute atomic E-state index is 0.382. The molecule has 4 rings (SSSR count). The van der Waals surface area contributed by atoms with Crippen LogP contribution < -0.4 is 10.5 Å². The van der Waals surface area contributed by atoms with E-state index in [0.29, 0.717) is 48.2 Å². The van der Waals surface area contributed by atoms with Gasteiger partial charge >= 0.3 is 5.63 Å². The molecule has 8 heteroatoms. The van der Waals surface area contributed by atoms with Crippen LogP contribution in [0.2, 0.25) is 5.02 Å². The van der Waals surface area contributed by atoms with Gasteiger partial charge in [0.25, 0.3) is 0 Å². The van der Waals surface area contributed by atoms with Crippen molar-refractivity contribution in [3.8, 4) is 0 Å². The lowest BCUT2D eigenvalue weighted by Gasteiger charge is -2.32. The lowest BCUT2D eigenvalue weighted by Crippen LogP contribution is -3.13. The van der Waals surface area contributed by atoms with Gasteiger partial charge < -0.3 is 9.32 Å². The van der Waals surface area contributed by atoms with E-state index >= 15 is 0 Å². The van der Waals surface area contributed by atoms with Crippen LogP contribution >= 0.6 is 11.6 Å². The SMILES string of the molecule is Cc1ccc(C)c(S(=O)(=O)N2CC[NH+](Cc3cc(=O)oc4cc(C)c(Cl)cc34)CC2)c1. The van der Waals surface area contributed by atoms with Crippen molar-refractivity contribution in [3.63, 3.8) is 0 Å². The van der Waals surface area contributed by atoms with Crippen molar-refractivity contribution in [2.45, 2.75) is 32.2 Å². The van der Waals surface area contributed by atoms with E-state index < -0.39 is 10.0 Å². The molecule has 6 nitrogen and oxygen atoms in total. The molecule has 2 heterocycles. The van der Waals surface area contributed by atoms with Gasteiger partial charge in [-0.15, -0.1) is 0 Å². The third-order valence-corrected chi connectivity index (χ3v) is 8.39. The van der Waals surface area contributed by atoms with Gasteiger partial charge in [-0.3, -0.25) is 0 Å². The first-order valence-corrected chi connectivity index (χ1v) is 12.1. The van der Waals surface area contributed by atoms with Crippen molar-refractivity contribution in [1.29, 1.82) is 0 Å². The smallest absolute Gasteiger partial charge is 0.336 e. The molecule has 1 fully saturated rings. The zero-order valence-electron chi connectivity index (χ0n) is 17.9. The number of hydrogen-bond donors (Lipinski definition) is 1. The summed E-state index contributed by atoms with van der Waals surface area (Å²) in [5.74, 6) is 0. The first-order valence-electron chi connectivity index (χ1n) is 10.3. The number of halogens is 1. The molecule has 1 aromatic heterocycles. The minimum Gasteiger partial charge on any atom is -0.423 e. The summed E-state index contributed by atoms with van der Waals surface area (Å²) in [5, 5.41) is 1.45. The number of piperazine rings is 1. The molecule has 2 aromatic carbocycles. The van der Waals surface area contributed by atoms with Crippen molar-refractivity contribution >= 4 is 32.6 Å². The Morgan fingerprint density at radius 3 is 2.45 bits per heavy atom. The van der Waals surface area contributed by atoms with Crippen LogP contribution in [0.25, 0.3) is 11.0 Å².